The van der Waals surface area contributed by atoms with E-state index in [2.05, 4.69) is 9.72 Å². The maximum Gasteiger partial charge on any atom is 0.373 e. The molecule has 5 heteroatoms. The van der Waals surface area contributed by atoms with E-state index in [-0.39, 0.29) is 18.3 Å². The summed E-state index contributed by atoms with van der Waals surface area (Å²) in [6.45, 7) is 0.188. The number of aromatic nitrogens is 1. The molecule has 0 aliphatic heterocycles. The van der Waals surface area contributed by atoms with Crippen LogP contribution in [0.15, 0.2) is 10.6 Å². The van der Waals surface area contributed by atoms with Crippen molar-refractivity contribution in [3.63, 3.8) is 0 Å². The zero-order valence-electron chi connectivity index (χ0n) is 5.90. The SMILES string of the molecule is COCc1ncc(C(=O)O)o1. The highest BCUT2D eigenvalue weighted by atomic mass is 16.5. The minimum absolute atomic E-state index is 0.169. The Morgan fingerprint density at radius 3 is 3.09 bits per heavy atom. The van der Waals surface area contributed by atoms with Gasteiger partial charge in [-0.1, -0.05) is 0 Å². The Kier molecular flexibility index (Phi) is 2.22. The summed E-state index contributed by atoms with van der Waals surface area (Å²) in [5.41, 5.74) is 0. The van der Waals surface area contributed by atoms with Gasteiger partial charge in [0.2, 0.25) is 11.7 Å². The number of rotatable bonds is 3. The summed E-state index contributed by atoms with van der Waals surface area (Å²) < 4.78 is 9.42. The molecule has 0 amide bonds. The molecule has 0 aliphatic carbocycles. The zero-order valence-corrected chi connectivity index (χ0v) is 5.90. The summed E-state index contributed by atoms with van der Waals surface area (Å²) in [5.74, 6) is -1.03. The molecule has 1 aromatic heterocycles. The van der Waals surface area contributed by atoms with Crippen LogP contribution in [0.1, 0.15) is 16.4 Å². The topological polar surface area (TPSA) is 72.6 Å². The summed E-state index contributed by atoms with van der Waals surface area (Å²) >= 11 is 0. The normalized spacial score (nSPS) is 9.91. The van der Waals surface area contributed by atoms with E-state index in [4.69, 9.17) is 9.52 Å². The van der Waals surface area contributed by atoms with Crippen LogP contribution in [-0.2, 0) is 11.3 Å². The van der Waals surface area contributed by atoms with Crippen LogP contribution >= 0.6 is 0 Å². The van der Waals surface area contributed by atoms with Gasteiger partial charge in [-0.3, -0.25) is 0 Å². The number of oxazole rings is 1. The number of nitrogens with zero attached hydrogens (tertiary/aromatic N) is 1. The van der Waals surface area contributed by atoms with Gasteiger partial charge in [0.05, 0.1) is 6.20 Å². The number of hydrogen-bond donors (Lipinski definition) is 1. The predicted molar refractivity (Wildman–Crippen MR) is 34.2 cm³/mol. The van der Waals surface area contributed by atoms with Gasteiger partial charge in [0, 0.05) is 7.11 Å². The minimum atomic E-state index is -1.13. The first-order valence-corrected chi connectivity index (χ1v) is 2.91. The third kappa shape index (κ3) is 1.78. The van der Waals surface area contributed by atoms with Crippen molar-refractivity contribution in [3.8, 4) is 0 Å². The monoisotopic (exact) mass is 157 g/mol. The molecule has 0 aliphatic rings. The van der Waals surface area contributed by atoms with Gasteiger partial charge in [-0.05, 0) is 0 Å². The Balaban J connectivity index is 2.73. The molecular formula is C6H7NO4. The van der Waals surface area contributed by atoms with Crippen molar-refractivity contribution >= 4 is 5.97 Å². The van der Waals surface area contributed by atoms with Gasteiger partial charge in [-0.2, -0.15) is 0 Å². The molecule has 60 valence electrons. The van der Waals surface area contributed by atoms with Gasteiger partial charge in [0.15, 0.2) is 0 Å². The Hall–Kier alpha value is -1.36. The Morgan fingerprint density at radius 1 is 1.91 bits per heavy atom. The zero-order chi connectivity index (χ0) is 8.27. The summed E-state index contributed by atoms with van der Waals surface area (Å²) in [4.78, 5) is 13.9. The van der Waals surface area contributed by atoms with Crippen molar-refractivity contribution in [2.45, 2.75) is 6.61 Å². The quantitative estimate of drug-likeness (QED) is 0.692. The Labute approximate surface area is 62.6 Å². The average molecular weight is 157 g/mol. The van der Waals surface area contributed by atoms with Crippen molar-refractivity contribution in [1.82, 2.24) is 4.98 Å². The molecule has 0 saturated carbocycles. The van der Waals surface area contributed by atoms with Crippen LogP contribution in [0.25, 0.3) is 0 Å². The molecule has 1 N–H and O–H groups in total. The van der Waals surface area contributed by atoms with Crippen molar-refractivity contribution < 1.29 is 19.1 Å². The van der Waals surface area contributed by atoms with Crippen LogP contribution in [0.2, 0.25) is 0 Å². The van der Waals surface area contributed by atoms with Crippen molar-refractivity contribution in [2.24, 2.45) is 0 Å². The molecule has 0 unspecified atom stereocenters. The van der Waals surface area contributed by atoms with E-state index in [0.717, 1.165) is 6.20 Å². The van der Waals surface area contributed by atoms with E-state index in [1.165, 1.54) is 7.11 Å². The first kappa shape index (κ1) is 7.74. The van der Waals surface area contributed by atoms with E-state index in [1.807, 2.05) is 0 Å². The smallest absolute Gasteiger partial charge is 0.373 e. The number of carboxylic acid groups (broad SMARTS) is 1. The number of hydrogen-bond acceptors (Lipinski definition) is 4. The molecule has 1 aromatic rings. The predicted octanol–water partition coefficient (Wildman–Crippen LogP) is 0.519. The summed E-state index contributed by atoms with van der Waals surface area (Å²) in [6, 6.07) is 0. The third-order valence-corrected chi connectivity index (χ3v) is 1.03. The van der Waals surface area contributed by atoms with Gasteiger partial charge in [0.1, 0.15) is 6.61 Å². The third-order valence-electron chi connectivity index (χ3n) is 1.03. The molecule has 0 saturated heterocycles. The van der Waals surface area contributed by atoms with E-state index in [1.54, 1.807) is 0 Å². The highest BCUT2D eigenvalue weighted by Crippen LogP contribution is 2.03. The van der Waals surface area contributed by atoms with Crippen LogP contribution in [0.3, 0.4) is 0 Å². The Morgan fingerprint density at radius 2 is 2.64 bits per heavy atom. The molecule has 5 nitrogen and oxygen atoms in total. The standard InChI is InChI=1S/C6H7NO4/c1-10-3-5-7-2-4(11-5)6(8)9/h2H,3H2,1H3,(H,8,9). The van der Waals surface area contributed by atoms with Gasteiger partial charge < -0.3 is 14.3 Å². The van der Waals surface area contributed by atoms with E-state index >= 15 is 0 Å². The van der Waals surface area contributed by atoms with Crippen LogP contribution in [0.5, 0.6) is 0 Å². The largest absolute Gasteiger partial charge is 0.475 e. The van der Waals surface area contributed by atoms with E-state index in [0.29, 0.717) is 0 Å². The van der Waals surface area contributed by atoms with Crippen LogP contribution < -0.4 is 0 Å². The first-order chi connectivity index (χ1) is 5.24. The van der Waals surface area contributed by atoms with E-state index < -0.39 is 5.97 Å². The average Bonchev–Trinajstić information content (AvgIpc) is 2.37. The van der Waals surface area contributed by atoms with Crippen LogP contribution in [0.4, 0.5) is 0 Å². The minimum Gasteiger partial charge on any atom is -0.475 e. The highest BCUT2D eigenvalue weighted by molar-refractivity contribution is 5.83. The molecule has 0 fully saturated rings. The molecule has 0 bridgehead atoms. The molecule has 11 heavy (non-hydrogen) atoms. The lowest BCUT2D eigenvalue weighted by molar-refractivity contribution is 0.0654. The molecule has 1 rings (SSSR count). The molecule has 1 heterocycles. The van der Waals surface area contributed by atoms with Crippen molar-refractivity contribution in [2.75, 3.05) is 7.11 Å². The Bertz CT molecular complexity index is 255. The second-order valence-electron chi connectivity index (χ2n) is 1.86. The molecular weight excluding hydrogens is 150 g/mol. The second kappa shape index (κ2) is 3.16. The first-order valence-electron chi connectivity index (χ1n) is 2.91. The number of carbonyl (C=O) groups is 1. The fourth-order valence-electron chi connectivity index (χ4n) is 0.599. The number of carboxylic acids is 1. The second-order valence-corrected chi connectivity index (χ2v) is 1.86. The van der Waals surface area contributed by atoms with E-state index in [9.17, 15) is 4.79 Å². The number of ether oxygens (including phenoxy) is 1. The van der Waals surface area contributed by atoms with Crippen LogP contribution in [0, 0.1) is 0 Å². The fourth-order valence-corrected chi connectivity index (χ4v) is 0.599. The number of aromatic carboxylic acids is 1. The maximum atomic E-state index is 10.2. The van der Waals surface area contributed by atoms with Crippen LogP contribution in [-0.4, -0.2) is 23.2 Å². The summed E-state index contributed by atoms with van der Waals surface area (Å²) in [6.07, 6.45) is 1.15. The highest BCUT2D eigenvalue weighted by Gasteiger charge is 2.09. The fraction of sp³-hybridized carbons (Fsp3) is 0.333. The number of methoxy groups -OCH3 is 1. The lowest BCUT2D eigenvalue weighted by Gasteiger charge is -1.88. The van der Waals surface area contributed by atoms with Gasteiger partial charge in [0.25, 0.3) is 0 Å². The molecule has 0 spiro atoms. The van der Waals surface area contributed by atoms with Crippen molar-refractivity contribution in [1.29, 1.82) is 0 Å². The lowest BCUT2D eigenvalue weighted by atomic mass is 10.5. The maximum absolute atomic E-state index is 10.2. The van der Waals surface area contributed by atoms with Crippen molar-refractivity contribution in [3.05, 3.63) is 17.8 Å². The van der Waals surface area contributed by atoms with Gasteiger partial charge in [-0.25, -0.2) is 9.78 Å². The van der Waals surface area contributed by atoms with Gasteiger partial charge in [-0.15, -0.1) is 0 Å². The summed E-state index contributed by atoms with van der Waals surface area (Å²) in [5, 5.41) is 8.39. The van der Waals surface area contributed by atoms with Gasteiger partial charge >= 0.3 is 5.97 Å². The molecule has 0 aromatic carbocycles. The summed E-state index contributed by atoms with van der Waals surface area (Å²) in [7, 11) is 1.48. The molecule has 0 radical (unpaired) electrons. The lowest BCUT2D eigenvalue weighted by Crippen LogP contribution is -1.92. The molecule has 0 atom stereocenters.